The summed E-state index contributed by atoms with van der Waals surface area (Å²) in [4.78, 5) is 10.5. The predicted molar refractivity (Wildman–Crippen MR) is 46.1 cm³/mol. The van der Waals surface area contributed by atoms with E-state index in [4.69, 9.17) is 0 Å². The van der Waals surface area contributed by atoms with Crippen molar-refractivity contribution in [1.82, 2.24) is 15.5 Å². The fourth-order valence-electron chi connectivity index (χ4n) is 1.18. The minimum atomic E-state index is 0.515. The fourth-order valence-corrected chi connectivity index (χ4v) is 1.18. The van der Waals surface area contributed by atoms with Crippen LogP contribution in [-0.2, 0) is 13.0 Å². The van der Waals surface area contributed by atoms with Gasteiger partial charge in [-0.15, -0.1) is 0 Å². The number of aromatic nitrogens is 2. The maximum Gasteiger partial charge on any atom is 0.170 e. The van der Waals surface area contributed by atoms with Gasteiger partial charge in [0.25, 0.3) is 0 Å². The maximum absolute atomic E-state index is 10.5. The van der Waals surface area contributed by atoms with E-state index in [2.05, 4.69) is 15.5 Å². The van der Waals surface area contributed by atoms with E-state index >= 15 is 0 Å². The van der Waals surface area contributed by atoms with Crippen molar-refractivity contribution >= 4 is 6.29 Å². The summed E-state index contributed by atoms with van der Waals surface area (Å²) < 4.78 is 0. The summed E-state index contributed by atoms with van der Waals surface area (Å²) >= 11 is 0. The molecule has 12 heavy (non-hydrogen) atoms. The molecule has 4 heteroatoms. The molecule has 0 saturated heterocycles. The molecule has 0 fully saturated rings. The van der Waals surface area contributed by atoms with Crippen molar-refractivity contribution < 1.29 is 4.79 Å². The molecule has 1 aromatic rings. The lowest BCUT2D eigenvalue weighted by Gasteiger charge is -1.99. The molecule has 1 aromatic heterocycles. The summed E-state index contributed by atoms with van der Waals surface area (Å²) in [6, 6.07) is 0. The second kappa shape index (κ2) is 4.01. The van der Waals surface area contributed by atoms with Gasteiger partial charge in [-0.3, -0.25) is 9.89 Å². The molecule has 0 amide bonds. The highest BCUT2D eigenvalue weighted by atomic mass is 16.1. The van der Waals surface area contributed by atoms with Crippen LogP contribution in [0.4, 0.5) is 0 Å². The van der Waals surface area contributed by atoms with Crippen LogP contribution in [0.15, 0.2) is 0 Å². The van der Waals surface area contributed by atoms with Gasteiger partial charge in [0, 0.05) is 17.8 Å². The smallest absolute Gasteiger partial charge is 0.170 e. The molecule has 0 bridgehead atoms. The monoisotopic (exact) mass is 167 g/mol. The lowest BCUT2D eigenvalue weighted by Crippen LogP contribution is -2.08. The summed E-state index contributed by atoms with van der Waals surface area (Å²) in [7, 11) is 1.85. The molecule has 2 N–H and O–H groups in total. The van der Waals surface area contributed by atoms with Crippen molar-refractivity contribution in [3.05, 3.63) is 17.0 Å². The van der Waals surface area contributed by atoms with Gasteiger partial charge in [0.05, 0.1) is 0 Å². The summed E-state index contributed by atoms with van der Waals surface area (Å²) in [5.41, 5.74) is 2.53. The lowest BCUT2D eigenvalue weighted by molar-refractivity contribution is 0.111. The van der Waals surface area contributed by atoms with Gasteiger partial charge in [0.15, 0.2) is 6.29 Å². The standard InChI is InChI=1S/C8H13N3O/c1-3-7-6(4-9-2)8(5-12)11-10-7/h5,9H,3-4H2,1-2H3,(H,10,11). The average Bonchev–Trinajstić information content (AvgIpc) is 2.48. The molecule has 0 saturated carbocycles. The molecular formula is C8H13N3O. The third-order valence-electron chi connectivity index (χ3n) is 1.80. The Morgan fingerprint density at radius 3 is 2.92 bits per heavy atom. The molecule has 0 aliphatic rings. The lowest BCUT2D eigenvalue weighted by atomic mass is 10.1. The van der Waals surface area contributed by atoms with E-state index in [0.717, 1.165) is 24.0 Å². The number of nitrogens with one attached hydrogen (secondary N) is 2. The van der Waals surface area contributed by atoms with E-state index in [1.165, 1.54) is 0 Å². The molecule has 0 spiro atoms. The third-order valence-corrected chi connectivity index (χ3v) is 1.80. The number of aldehydes is 1. The van der Waals surface area contributed by atoms with Gasteiger partial charge < -0.3 is 5.32 Å². The number of H-pyrrole nitrogens is 1. The Hall–Kier alpha value is -1.16. The Labute approximate surface area is 71.4 Å². The third kappa shape index (κ3) is 1.53. The zero-order chi connectivity index (χ0) is 8.97. The molecule has 0 atom stereocenters. The molecule has 4 nitrogen and oxygen atoms in total. The molecule has 66 valence electrons. The zero-order valence-electron chi connectivity index (χ0n) is 7.35. The second-order valence-corrected chi connectivity index (χ2v) is 2.57. The Bertz CT molecular complexity index is 267. The molecule has 1 heterocycles. The van der Waals surface area contributed by atoms with Gasteiger partial charge in [-0.25, -0.2) is 0 Å². The summed E-state index contributed by atoms with van der Waals surface area (Å²) in [6.07, 6.45) is 1.65. The summed E-state index contributed by atoms with van der Waals surface area (Å²) in [6.45, 7) is 2.72. The normalized spacial score (nSPS) is 10.2. The van der Waals surface area contributed by atoms with E-state index in [1.54, 1.807) is 0 Å². The number of aryl methyl sites for hydroxylation is 1. The number of rotatable bonds is 4. The Morgan fingerprint density at radius 1 is 1.67 bits per heavy atom. The van der Waals surface area contributed by atoms with E-state index in [9.17, 15) is 4.79 Å². The number of hydrogen-bond donors (Lipinski definition) is 2. The number of carbonyl (C=O) groups excluding carboxylic acids is 1. The molecule has 0 aliphatic heterocycles. The number of carbonyl (C=O) groups is 1. The maximum atomic E-state index is 10.5. The first-order chi connectivity index (χ1) is 5.83. The van der Waals surface area contributed by atoms with Crippen molar-refractivity contribution in [1.29, 1.82) is 0 Å². The quantitative estimate of drug-likeness (QED) is 0.642. The first kappa shape index (κ1) is 8.93. The summed E-state index contributed by atoms with van der Waals surface area (Å²) in [5, 5.41) is 9.73. The van der Waals surface area contributed by atoms with Gasteiger partial charge in [0.1, 0.15) is 5.69 Å². The Morgan fingerprint density at radius 2 is 2.42 bits per heavy atom. The minimum absolute atomic E-state index is 0.515. The highest BCUT2D eigenvalue weighted by Gasteiger charge is 2.09. The van der Waals surface area contributed by atoms with Gasteiger partial charge in [-0.05, 0) is 13.5 Å². The van der Waals surface area contributed by atoms with Crippen LogP contribution in [0.5, 0.6) is 0 Å². The predicted octanol–water partition coefficient (Wildman–Crippen LogP) is 0.504. The van der Waals surface area contributed by atoms with E-state index < -0.39 is 0 Å². The molecule has 0 radical (unpaired) electrons. The average molecular weight is 167 g/mol. The molecule has 1 rings (SSSR count). The van der Waals surface area contributed by atoms with Crippen LogP contribution in [-0.4, -0.2) is 23.5 Å². The highest BCUT2D eigenvalue weighted by Crippen LogP contribution is 2.09. The Balaban J connectivity index is 2.98. The van der Waals surface area contributed by atoms with Crippen LogP contribution in [0.3, 0.4) is 0 Å². The van der Waals surface area contributed by atoms with E-state index in [-0.39, 0.29) is 0 Å². The van der Waals surface area contributed by atoms with Crippen LogP contribution < -0.4 is 5.32 Å². The molecule has 0 aliphatic carbocycles. The first-order valence-electron chi connectivity index (χ1n) is 3.99. The van der Waals surface area contributed by atoms with Crippen LogP contribution in [0.25, 0.3) is 0 Å². The van der Waals surface area contributed by atoms with Gasteiger partial charge in [-0.1, -0.05) is 6.92 Å². The fraction of sp³-hybridized carbons (Fsp3) is 0.500. The van der Waals surface area contributed by atoms with Crippen molar-refractivity contribution in [2.24, 2.45) is 0 Å². The van der Waals surface area contributed by atoms with E-state index in [0.29, 0.717) is 12.2 Å². The van der Waals surface area contributed by atoms with Crippen LogP contribution in [0.1, 0.15) is 28.7 Å². The van der Waals surface area contributed by atoms with Crippen molar-refractivity contribution in [2.45, 2.75) is 19.9 Å². The highest BCUT2D eigenvalue weighted by molar-refractivity contribution is 5.74. The topological polar surface area (TPSA) is 57.8 Å². The largest absolute Gasteiger partial charge is 0.316 e. The molecular weight excluding hydrogens is 154 g/mol. The van der Waals surface area contributed by atoms with Crippen LogP contribution >= 0.6 is 0 Å². The minimum Gasteiger partial charge on any atom is -0.316 e. The molecule has 0 aromatic carbocycles. The van der Waals surface area contributed by atoms with E-state index in [1.807, 2.05) is 14.0 Å². The van der Waals surface area contributed by atoms with Crippen LogP contribution in [0, 0.1) is 0 Å². The van der Waals surface area contributed by atoms with Crippen molar-refractivity contribution in [3.8, 4) is 0 Å². The SMILES string of the molecule is CCc1[nH]nc(C=O)c1CNC. The number of aromatic amines is 1. The molecule has 0 unspecified atom stereocenters. The number of nitrogens with zero attached hydrogens (tertiary/aromatic N) is 1. The first-order valence-corrected chi connectivity index (χ1v) is 3.99. The zero-order valence-corrected chi connectivity index (χ0v) is 7.35. The second-order valence-electron chi connectivity index (χ2n) is 2.57. The van der Waals surface area contributed by atoms with Crippen molar-refractivity contribution in [3.63, 3.8) is 0 Å². The van der Waals surface area contributed by atoms with Gasteiger partial charge in [0.2, 0.25) is 0 Å². The van der Waals surface area contributed by atoms with Gasteiger partial charge >= 0.3 is 0 Å². The summed E-state index contributed by atoms with van der Waals surface area (Å²) in [5.74, 6) is 0. The van der Waals surface area contributed by atoms with Gasteiger partial charge in [-0.2, -0.15) is 5.10 Å². The van der Waals surface area contributed by atoms with Crippen molar-refractivity contribution in [2.75, 3.05) is 7.05 Å². The van der Waals surface area contributed by atoms with Crippen LogP contribution in [0.2, 0.25) is 0 Å². The number of hydrogen-bond acceptors (Lipinski definition) is 3. The Kier molecular flexibility index (Phi) is 2.99.